The van der Waals surface area contributed by atoms with E-state index in [1.165, 1.54) is 27.8 Å². The summed E-state index contributed by atoms with van der Waals surface area (Å²) in [7, 11) is 0. The first-order chi connectivity index (χ1) is 9.35. The number of hydrogen-bond acceptors (Lipinski definition) is 0. The maximum Gasteiger partial charge on any atom is -1.00 e. The van der Waals surface area contributed by atoms with Gasteiger partial charge in [0.2, 0.25) is 0 Å². The molecule has 0 aliphatic heterocycles. The summed E-state index contributed by atoms with van der Waals surface area (Å²) in [6.07, 6.45) is 2.43. The predicted molar refractivity (Wildman–Crippen MR) is 82.0 cm³/mol. The molecule has 1 aromatic carbocycles. The van der Waals surface area contributed by atoms with Crippen LogP contribution in [-0.4, -0.2) is 0 Å². The van der Waals surface area contributed by atoms with Gasteiger partial charge in [-0.1, -0.05) is 0 Å². The molecule has 0 N–H and O–H groups in total. The molecule has 2 aliphatic rings. The van der Waals surface area contributed by atoms with Crippen molar-refractivity contribution in [2.75, 3.05) is 0 Å². The molecule has 0 aromatic heterocycles. The van der Waals surface area contributed by atoms with Crippen LogP contribution in [0, 0.1) is 5.41 Å². The Bertz CT molecular complexity index is 693. The van der Waals surface area contributed by atoms with Gasteiger partial charge in [0.15, 0.2) is 0 Å². The number of halogens is 2. The average Bonchev–Trinajstić information content (AvgIpc) is 2.81. The van der Waals surface area contributed by atoms with Crippen molar-refractivity contribution >= 4 is 6.08 Å². The molecule has 115 valence electrons. The number of fused-ring (bicyclic) bond motifs is 1. The smallest absolute Gasteiger partial charge is 1.00 e. The Labute approximate surface area is 183 Å². The van der Waals surface area contributed by atoms with E-state index in [0.717, 1.165) is 0 Å². The number of hydrogen-bond donors (Lipinski definition) is 0. The van der Waals surface area contributed by atoms with Crippen molar-refractivity contribution < 1.29 is 72.7 Å². The minimum atomic E-state index is 0. The van der Waals surface area contributed by atoms with E-state index in [4.69, 9.17) is 0 Å². The molecular weight excluding hydrogens is 573 g/mol. The number of benzene rings is 1. The Kier molecular flexibility index (Phi) is 6.96. The predicted octanol–water partition coefficient (Wildman–Crippen LogP) is -0.628. The van der Waals surface area contributed by atoms with Crippen LogP contribution >= 0.6 is 0 Å². The van der Waals surface area contributed by atoms with Crippen molar-refractivity contribution in [1.29, 1.82) is 0 Å². The molecule has 3 rings (SSSR count). The maximum atomic E-state index is 2.43. The zero-order valence-corrected chi connectivity index (χ0v) is 20.5. The summed E-state index contributed by atoms with van der Waals surface area (Å²) in [6, 6.07) is 8.87. The van der Waals surface area contributed by atoms with Gasteiger partial charge in [0.1, 0.15) is 0 Å². The van der Waals surface area contributed by atoms with Gasteiger partial charge in [0, 0.05) is 0 Å². The van der Waals surface area contributed by atoms with E-state index in [2.05, 4.69) is 65.0 Å². The molecule has 3 heteroatoms. The minimum absolute atomic E-state index is 0. The summed E-state index contributed by atoms with van der Waals surface area (Å²) in [5.74, 6) is 0. The Hall–Kier alpha value is 0.783. The first-order valence-corrected chi connectivity index (χ1v) is 8.69. The SMILES string of the molecule is CC1=C(C)C(C)(C)C(C2=Cc3ccccc3[CH]2[Zr+2])=C1C.[I-].[I-]. The second-order valence-electron chi connectivity index (χ2n) is 6.54. The van der Waals surface area contributed by atoms with Crippen molar-refractivity contribution in [3.63, 3.8) is 0 Å². The summed E-state index contributed by atoms with van der Waals surface area (Å²) in [4.78, 5) is 0. The van der Waals surface area contributed by atoms with Crippen molar-refractivity contribution in [2.24, 2.45) is 5.41 Å². The molecule has 0 spiro atoms. The third kappa shape index (κ3) is 3.03. The Morgan fingerprint density at radius 1 is 0.955 bits per heavy atom. The first kappa shape index (κ1) is 20.8. The summed E-state index contributed by atoms with van der Waals surface area (Å²) >= 11 is 1.59. The molecular formula is C19H21I2Zr. The molecule has 0 amide bonds. The van der Waals surface area contributed by atoms with Crippen LogP contribution in [-0.2, 0) is 24.7 Å². The molecule has 1 unspecified atom stereocenters. The van der Waals surface area contributed by atoms with Crippen LogP contribution < -0.4 is 48.0 Å². The molecule has 0 heterocycles. The fraction of sp³-hybridized carbons (Fsp3) is 0.368. The molecule has 1 atom stereocenters. The number of allylic oxidation sites excluding steroid dienone is 5. The third-order valence-corrected chi connectivity index (χ3v) is 6.81. The second-order valence-corrected chi connectivity index (χ2v) is 7.96. The molecule has 0 saturated carbocycles. The normalized spacial score (nSPS) is 22.1. The van der Waals surface area contributed by atoms with Crippen LogP contribution in [0.2, 0.25) is 0 Å². The van der Waals surface area contributed by atoms with Crippen LogP contribution in [0.5, 0.6) is 0 Å². The van der Waals surface area contributed by atoms with Gasteiger partial charge in [-0.3, -0.25) is 0 Å². The van der Waals surface area contributed by atoms with Crippen LogP contribution in [0.25, 0.3) is 6.08 Å². The topological polar surface area (TPSA) is 0 Å². The summed E-state index contributed by atoms with van der Waals surface area (Å²) in [5, 5.41) is 0. The van der Waals surface area contributed by atoms with E-state index in [1.54, 1.807) is 35.9 Å². The van der Waals surface area contributed by atoms with Crippen LogP contribution in [0.4, 0.5) is 0 Å². The van der Waals surface area contributed by atoms with Crippen LogP contribution in [0.3, 0.4) is 0 Å². The Balaban J connectivity index is 0.00000121. The minimum Gasteiger partial charge on any atom is -1.00 e. The maximum absolute atomic E-state index is 2.43. The van der Waals surface area contributed by atoms with Crippen molar-refractivity contribution in [3.05, 3.63) is 63.3 Å². The van der Waals surface area contributed by atoms with Crippen molar-refractivity contribution in [3.8, 4) is 0 Å². The fourth-order valence-corrected chi connectivity index (χ4v) is 4.92. The van der Waals surface area contributed by atoms with Crippen molar-refractivity contribution in [1.82, 2.24) is 0 Å². The van der Waals surface area contributed by atoms with Gasteiger partial charge < -0.3 is 48.0 Å². The number of rotatable bonds is 1. The van der Waals surface area contributed by atoms with E-state index in [0.29, 0.717) is 3.63 Å². The summed E-state index contributed by atoms with van der Waals surface area (Å²) < 4.78 is 0.598. The van der Waals surface area contributed by atoms with E-state index in [-0.39, 0.29) is 53.4 Å². The van der Waals surface area contributed by atoms with Gasteiger partial charge in [0.25, 0.3) is 0 Å². The van der Waals surface area contributed by atoms with Crippen molar-refractivity contribution in [2.45, 2.75) is 38.2 Å². The van der Waals surface area contributed by atoms with Gasteiger partial charge >= 0.3 is 138 Å². The monoisotopic (exact) mass is 593 g/mol. The summed E-state index contributed by atoms with van der Waals surface area (Å²) in [6.45, 7) is 11.6. The zero-order valence-electron chi connectivity index (χ0n) is 13.7. The van der Waals surface area contributed by atoms with Crippen LogP contribution in [0.15, 0.2) is 52.1 Å². The van der Waals surface area contributed by atoms with E-state index in [9.17, 15) is 0 Å². The molecule has 0 bridgehead atoms. The van der Waals surface area contributed by atoms with Gasteiger partial charge in [-0.15, -0.1) is 0 Å². The van der Waals surface area contributed by atoms with Gasteiger partial charge in [-0.2, -0.15) is 0 Å². The quantitative estimate of drug-likeness (QED) is 0.381. The van der Waals surface area contributed by atoms with Crippen LogP contribution in [0.1, 0.15) is 49.4 Å². The Morgan fingerprint density at radius 2 is 1.55 bits per heavy atom. The summed E-state index contributed by atoms with van der Waals surface area (Å²) in [5.41, 5.74) is 10.8. The molecule has 0 nitrogen and oxygen atoms in total. The Morgan fingerprint density at radius 3 is 2.05 bits per heavy atom. The molecule has 0 saturated heterocycles. The fourth-order valence-electron chi connectivity index (χ4n) is 3.71. The zero-order chi connectivity index (χ0) is 14.7. The molecule has 2 aliphatic carbocycles. The largest absolute Gasteiger partial charge is 1.00 e. The first-order valence-electron chi connectivity index (χ1n) is 7.27. The standard InChI is InChI=1S/C19H21.2HI.Zr/c1-12-13(2)18(19(4,5)14(12)3)17-10-15-8-6-7-9-16(15)11-17;;;/h6-11H,1-5H3;2*1H;/q;;;+2/p-2. The van der Waals surface area contributed by atoms with E-state index < -0.39 is 0 Å². The van der Waals surface area contributed by atoms with E-state index in [1.807, 2.05) is 0 Å². The van der Waals surface area contributed by atoms with Gasteiger partial charge in [-0.25, -0.2) is 0 Å². The molecule has 22 heavy (non-hydrogen) atoms. The average molecular weight is 594 g/mol. The van der Waals surface area contributed by atoms with Gasteiger partial charge in [0.05, 0.1) is 0 Å². The molecule has 0 radical (unpaired) electrons. The van der Waals surface area contributed by atoms with Gasteiger partial charge in [-0.05, 0) is 0 Å². The molecule has 1 aromatic rings. The second kappa shape index (κ2) is 7.35. The third-order valence-electron chi connectivity index (χ3n) is 5.28. The molecule has 0 fully saturated rings. The van der Waals surface area contributed by atoms with E-state index >= 15 is 0 Å².